The summed E-state index contributed by atoms with van der Waals surface area (Å²) in [6, 6.07) is 7.65. The maximum Gasteiger partial charge on any atom is 0.110 e. The van der Waals surface area contributed by atoms with Crippen LogP contribution >= 0.6 is 11.6 Å². The second kappa shape index (κ2) is 4.51. The van der Waals surface area contributed by atoms with Crippen molar-refractivity contribution in [3.05, 3.63) is 53.1 Å². The summed E-state index contributed by atoms with van der Waals surface area (Å²) in [5, 5.41) is 0.724. The molecule has 1 unspecified atom stereocenters. The van der Waals surface area contributed by atoms with E-state index >= 15 is 0 Å². The number of imidazole rings is 1. The largest absolute Gasteiger partial charge is 0.338 e. The van der Waals surface area contributed by atoms with Crippen molar-refractivity contribution in [2.24, 2.45) is 12.8 Å². The van der Waals surface area contributed by atoms with Crippen LogP contribution in [0.4, 0.5) is 0 Å². The van der Waals surface area contributed by atoms with E-state index in [2.05, 4.69) is 4.98 Å². The molecule has 1 aromatic carbocycles. The SMILES string of the molecule is Cn1ccnc1CC(C)(N)c1ccc(Cl)cc1. The van der Waals surface area contributed by atoms with Crippen molar-refractivity contribution in [3.8, 4) is 0 Å². The Hall–Kier alpha value is -1.32. The van der Waals surface area contributed by atoms with Gasteiger partial charge in [0.1, 0.15) is 5.82 Å². The highest BCUT2D eigenvalue weighted by Crippen LogP contribution is 2.23. The Balaban J connectivity index is 2.24. The predicted octanol–water partition coefficient (Wildman–Crippen LogP) is 2.49. The molecule has 17 heavy (non-hydrogen) atoms. The summed E-state index contributed by atoms with van der Waals surface area (Å²) < 4.78 is 1.99. The van der Waals surface area contributed by atoms with Crippen LogP contribution in [0.5, 0.6) is 0 Å². The van der Waals surface area contributed by atoms with E-state index in [9.17, 15) is 0 Å². The van der Waals surface area contributed by atoms with Crippen molar-refractivity contribution in [3.63, 3.8) is 0 Å². The molecule has 2 rings (SSSR count). The van der Waals surface area contributed by atoms with Crippen molar-refractivity contribution in [2.45, 2.75) is 18.9 Å². The summed E-state index contributed by atoms with van der Waals surface area (Å²) in [4.78, 5) is 4.30. The molecule has 4 heteroatoms. The van der Waals surface area contributed by atoms with Gasteiger partial charge < -0.3 is 10.3 Å². The number of hydrogen-bond donors (Lipinski definition) is 1. The first-order valence-electron chi connectivity index (χ1n) is 5.50. The second-order valence-electron chi connectivity index (χ2n) is 4.56. The summed E-state index contributed by atoms with van der Waals surface area (Å²) in [5.74, 6) is 0.977. The number of hydrogen-bond acceptors (Lipinski definition) is 2. The number of aromatic nitrogens is 2. The smallest absolute Gasteiger partial charge is 0.110 e. The minimum atomic E-state index is -0.441. The Morgan fingerprint density at radius 1 is 1.35 bits per heavy atom. The molecular formula is C13H16ClN3. The monoisotopic (exact) mass is 249 g/mol. The van der Waals surface area contributed by atoms with E-state index < -0.39 is 5.54 Å². The second-order valence-corrected chi connectivity index (χ2v) is 4.99. The highest BCUT2D eigenvalue weighted by molar-refractivity contribution is 6.30. The highest BCUT2D eigenvalue weighted by atomic mass is 35.5. The van der Waals surface area contributed by atoms with Gasteiger partial charge in [-0.1, -0.05) is 23.7 Å². The van der Waals surface area contributed by atoms with Gasteiger partial charge in [0.15, 0.2) is 0 Å². The molecule has 0 saturated carbocycles. The predicted molar refractivity (Wildman–Crippen MR) is 69.9 cm³/mol. The lowest BCUT2D eigenvalue weighted by molar-refractivity contribution is 0.470. The molecule has 1 heterocycles. The summed E-state index contributed by atoms with van der Waals surface area (Å²) in [6.45, 7) is 2.00. The molecule has 0 saturated heterocycles. The lowest BCUT2D eigenvalue weighted by Gasteiger charge is -2.25. The average molecular weight is 250 g/mol. The molecule has 90 valence electrons. The van der Waals surface area contributed by atoms with Crippen LogP contribution < -0.4 is 5.73 Å². The molecule has 0 spiro atoms. The van der Waals surface area contributed by atoms with Crippen molar-refractivity contribution in [1.82, 2.24) is 9.55 Å². The van der Waals surface area contributed by atoms with E-state index in [0.29, 0.717) is 6.42 Å². The number of rotatable bonds is 3. The molecule has 0 aliphatic carbocycles. The average Bonchev–Trinajstić information content (AvgIpc) is 2.64. The zero-order valence-electron chi connectivity index (χ0n) is 10.0. The van der Waals surface area contributed by atoms with Crippen LogP contribution in [0.3, 0.4) is 0 Å². The van der Waals surface area contributed by atoms with Gasteiger partial charge in [-0.25, -0.2) is 4.98 Å². The minimum absolute atomic E-state index is 0.441. The van der Waals surface area contributed by atoms with E-state index in [4.69, 9.17) is 17.3 Å². The number of aryl methyl sites for hydroxylation is 1. The van der Waals surface area contributed by atoms with Crippen LogP contribution in [0.1, 0.15) is 18.3 Å². The molecule has 0 amide bonds. The van der Waals surface area contributed by atoms with E-state index in [-0.39, 0.29) is 0 Å². The molecule has 0 fully saturated rings. The van der Waals surface area contributed by atoms with Crippen LogP contribution in [0.15, 0.2) is 36.7 Å². The maximum absolute atomic E-state index is 6.35. The molecule has 3 nitrogen and oxygen atoms in total. The lowest BCUT2D eigenvalue weighted by atomic mass is 9.89. The first kappa shape index (κ1) is 12.1. The van der Waals surface area contributed by atoms with Gasteiger partial charge in [-0.15, -0.1) is 0 Å². The molecule has 0 aliphatic heterocycles. The Labute approximate surface area is 106 Å². The van der Waals surface area contributed by atoms with Gasteiger partial charge in [0.25, 0.3) is 0 Å². The number of benzene rings is 1. The van der Waals surface area contributed by atoms with Gasteiger partial charge in [-0.2, -0.15) is 0 Å². The minimum Gasteiger partial charge on any atom is -0.338 e. The molecular weight excluding hydrogens is 234 g/mol. The van der Waals surface area contributed by atoms with Crippen molar-refractivity contribution >= 4 is 11.6 Å². The third-order valence-electron chi connectivity index (χ3n) is 2.95. The summed E-state index contributed by atoms with van der Waals surface area (Å²) in [7, 11) is 1.97. The van der Waals surface area contributed by atoms with Crippen LogP contribution in [0, 0.1) is 0 Å². The first-order valence-corrected chi connectivity index (χ1v) is 5.88. The fourth-order valence-electron chi connectivity index (χ4n) is 1.83. The lowest BCUT2D eigenvalue weighted by Crippen LogP contribution is -2.36. The van der Waals surface area contributed by atoms with Gasteiger partial charge in [0, 0.05) is 36.4 Å². The quantitative estimate of drug-likeness (QED) is 0.908. The number of halogens is 1. The van der Waals surface area contributed by atoms with Crippen molar-refractivity contribution in [1.29, 1.82) is 0 Å². The third-order valence-corrected chi connectivity index (χ3v) is 3.20. The fraction of sp³-hybridized carbons (Fsp3) is 0.308. The van der Waals surface area contributed by atoms with Crippen LogP contribution in [-0.4, -0.2) is 9.55 Å². The normalized spacial score (nSPS) is 14.6. The Morgan fingerprint density at radius 2 is 2.00 bits per heavy atom. The first-order chi connectivity index (χ1) is 7.99. The molecule has 2 N–H and O–H groups in total. The molecule has 1 aromatic heterocycles. The maximum atomic E-state index is 6.35. The van der Waals surface area contributed by atoms with Gasteiger partial charge >= 0.3 is 0 Å². The number of nitrogens with zero attached hydrogens (tertiary/aromatic N) is 2. The summed E-state index contributed by atoms with van der Waals surface area (Å²) >= 11 is 5.87. The van der Waals surface area contributed by atoms with Crippen LogP contribution in [-0.2, 0) is 19.0 Å². The molecule has 0 radical (unpaired) electrons. The van der Waals surface area contributed by atoms with Gasteiger partial charge in [-0.05, 0) is 24.6 Å². The van der Waals surface area contributed by atoms with Gasteiger partial charge in [-0.3, -0.25) is 0 Å². The van der Waals surface area contributed by atoms with E-state index in [0.717, 1.165) is 16.4 Å². The summed E-state index contributed by atoms with van der Waals surface area (Å²) in [6.07, 6.45) is 4.40. The standard InChI is InChI=1S/C13H16ClN3/c1-13(15,9-12-16-7-8-17(12)2)10-3-5-11(14)6-4-10/h3-8H,9,15H2,1-2H3. The van der Waals surface area contributed by atoms with Crippen LogP contribution in [0.25, 0.3) is 0 Å². The summed E-state index contributed by atoms with van der Waals surface area (Å²) in [5.41, 5.74) is 6.97. The van der Waals surface area contributed by atoms with Gasteiger partial charge in [0.2, 0.25) is 0 Å². The van der Waals surface area contributed by atoms with E-state index in [1.807, 2.05) is 49.0 Å². The van der Waals surface area contributed by atoms with Crippen LogP contribution in [0.2, 0.25) is 5.02 Å². The van der Waals surface area contributed by atoms with E-state index in [1.54, 1.807) is 6.20 Å². The molecule has 1 atom stereocenters. The number of nitrogens with two attached hydrogens (primary N) is 1. The Kier molecular flexibility index (Phi) is 3.22. The van der Waals surface area contributed by atoms with Gasteiger partial charge in [0.05, 0.1) is 0 Å². The Morgan fingerprint density at radius 3 is 2.53 bits per heavy atom. The topological polar surface area (TPSA) is 43.8 Å². The zero-order chi connectivity index (χ0) is 12.5. The third kappa shape index (κ3) is 2.68. The van der Waals surface area contributed by atoms with Crippen molar-refractivity contribution in [2.75, 3.05) is 0 Å². The van der Waals surface area contributed by atoms with E-state index in [1.165, 1.54) is 0 Å². The Bertz CT molecular complexity index is 500. The molecule has 0 aliphatic rings. The zero-order valence-corrected chi connectivity index (χ0v) is 10.8. The van der Waals surface area contributed by atoms with Crippen molar-refractivity contribution < 1.29 is 0 Å². The fourth-order valence-corrected chi connectivity index (χ4v) is 1.95. The molecule has 2 aromatic rings. The highest BCUT2D eigenvalue weighted by Gasteiger charge is 2.23. The molecule has 0 bridgehead atoms.